The van der Waals surface area contributed by atoms with E-state index in [1.807, 2.05) is 0 Å². The van der Waals surface area contributed by atoms with Gasteiger partial charge in [0.15, 0.2) is 0 Å². The van der Waals surface area contributed by atoms with Crippen molar-refractivity contribution >= 4 is 0 Å². The van der Waals surface area contributed by atoms with Crippen LogP contribution in [0, 0.1) is 0 Å². The summed E-state index contributed by atoms with van der Waals surface area (Å²) in [4.78, 5) is 6.17. The van der Waals surface area contributed by atoms with Gasteiger partial charge in [-0.05, 0) is 12.1 Å². The van der Waals surface area contributed by atoms with E-state index in [4.69, 9.17) is 1.37 Å². The van der Waals surface area contributed by atoms with Crippen molar-refractivity contribution in [1.29, 1.82) is 0 Å². The van der Waals surface area contributed by atoms with Crippen molar-refractivity contribution in [2.24, 2.45) is 0 Å². The molecule has 0 saturated heterocycles. The van der Waals surface area contributed by atoms with Crippen molar-refractivity contribution in [3.05, 3.63) is 42.3 Å². The van der Waals surface area contributed by atoms with Gasteiger partial charge in [0.1, 0.15) is 1.37 Å². The summed E-state index contributed by atoms with van der Waals surface area (Å²) in [7, 11) is 0. The van der Waals surface area contributed by atoms with Crippen molar-refractivity contribution in [1.82, 2.24) is 9.97 Å². The lowest BCUT2D eigenvalue weighted by molar-refractivity contribution is -0.137. The molecule has 0 saturated carbocycles. The Morgan fingerprint density at radius 1 is 1.33 bits per heavy atom. The number of hydrogen-bond acceptors (Lipinski definition) is 1. The molecule has 78 valence electrons. The highest BCUT2D eigenvalue weighted by Gasteiger charge is 2.30. The van der Waals surface area contributed by atoms with Gasteiger partial charge in [-0.25, -0.2) is 4.98 Å². The molecule has 1 N–H and O–H groups in total. The number of hydrogen-bond donors (Lipinski definition) is 1. The second-order valence-corrected chi connectivity index (χ2v) is 2.99. The molecule has 0 bridgehead atoms. The van der Waals surface area contributed by atoms with Crippen LogP contribution in [0.4, 0.5) is 13.2 Å². The van der Waals surface area contributed by atoms with Crippen molar-refractivity contribution < 1.29 is 14.5 Å². The molecule has 2 aromatic rings. The van der Waals surface area contributed by atoms with Crippen LogP contribution < -0.4 is 0 Å². The molecular formula is C10H7F3N2. The fourth-order valence-corrected chi connectivity index (χ4v) is 1.23. The molecule has 2 rings (SSSR count). The molecule has 15 heavy (non-hydrogen) atoms. The van der Waals surface area contributed by atoms with Crippen LogP contribution in [0.15, 0.2) is 36.8 Å². The van der Waals surface area contributed by atoms with E-state index in [0.717, 1.165) is 12.1 Å². The predicted molar refractivity (Wildman–Crippen MR) is 49.0 cm³/mol. The zero-order valence-corrected chi connectivity index (χ0v) is 7.47. The number of H-pyrrole nitrogens is 1. The number of halogens is 3. The highest BCUT2D eigenvalue weighted by Crippen LogP contribution is 2.31. The maximum Gasteiger partial charge on any atom is 0.416 e. The number of nitrogens with zero attached hydrogens (tertiary/aromatic N) is 1. The number of nitrogens with one attached hydrogen (secondary N) is 1. The summed E-state index contributed by atoms with van der Waals surface area (Å²) in [6.07, 6.45) is -3.11. The Balaban J connectivity index is 2.44. The number of imidazole rings is 1. The number of alkyl halides is 3. The van der Waals surface area contributed by atoms with Gasteiger partial charge in [-0.15, -0.1) is 0 Å². The topological polar surface area (TPSA) is 28.7 Å². The van der Waals surface area contributed by atoms with Gasteiger partial charge in [-0.1, -0.05) is 12.1 Å². The minimum absolute atomic E-state index is 0.0765. The van der Waals surface area contributed by atoms with Crippen molar-refractivity contribution in [2.75, 3.05) is 0 Å². The molecule has 0 unspecified atom stereocenters. The molecular weight excluding hydrogens is 205 g/mol. The lowest BCUT2D eigenvalue weighted by Crippen LogP contribution is -2.04. The van der Waals surface area contributed by atoms with E-state index < -0.39 is 11.7 Å². The SMILES string of the molecule is [2H]c1ncc(-c2cccc(C(F)(F)F)c2)[nH]1. The van der Waals surface area contributed by atoms with E-state index in [0.29, 0.717) is 11.3 Å². The van der Waals surface area contributed by atoms with Crippen LogP contribution in [0.3, 0.4) is 0 Å². The van der Waals surface area contributed by atoms with Crippen LogP contribution in [0.25, 0.3) is 11.3 Å². The first kappa shape index (κ1) is 8.52. The number of aromatic amines is 1. The van der Waals surface area contributed by atoms with Crippen molar-refractivity contribution in [2.45, 2.75) is 6.18 Å². The van der Waals surface area contributed by atoms with E-state index >= 15 is 0 Å². The molecule has 0 fully saturated rings. The van der Waals surface area contributed by atoms with Crippen molar-refractivity contribution in [3.8, 4) is 11.3 Å². The third-order valence-electron chi connectivity index (χ3n) is 1.95. The summed E-state index contributed by atoms with van der Waals surface area (Å²) in [6, 6.07) is 4.87. The smallest absolute Gasteiger partial charge is 0.345 e. The lowest BCUT2D eigenvalue weighted by atomic mass is 10.1. The first-order valence-corrected chi connectivity index (χ1v) is 4.16. The van der Waals surface area contributed by atoms with Crippen LogP contribution in [-0.4, -0.2) is 9.97 Å². The molecule has 0 radical (unpaired) electrons. The predicted octanol–water partition coefficient (Wildman–Crippen LogP) is 3.10. The van der Waals surface area contributed by atoms with Crippen LogP contribution in [0.1, 0.15) is 6.93 Å². The molecule has 0 atom stereocenters. The quantitative estimate of drug-likeness (QED) is 0.774. The average molecular weight is 213 g/mol. The molecule has 1 aromatic heterocycles. The summed E-state index contributed by atoms with van der Waals surface area (Å²) >= 11 is 0. The highest BCUT2D eigenvalue weighted by atomic mass is 19.4. The zero-order valence-electron chi connectivity index (χ0n) is 8.47. The Morgan fingerprint density at radius 3 is 2.73 bits per heavy atom. The van der Waals surface area contributed by atoms with Gasteiger partial charge < -0.3 is 4.98 Å². The van der Waals surface area contributed by atoms with Gasteiger partial charge >= 0.3 is 6.18 Å². The normalized spacial score (nSPS) is 12.6. The van der Waals surface area contributed by atoms with Gasteiger partial charge in [0.2, 0.25) is 0 Å². The second kappa shape index (κ2) is 3.42. The molecule has 0 aliphatic rings. The molecule has 1 heterocycles. The van der Waals surface area contributed by atoms with E-state index in [2.05, 4.69) is 9.97 Å². The Kier molecular flexibility index (Phi) is 1.94. The van der Waals surface area contributed by atoms with Gasteiger partial charge in [-0.2, -0.15) is 13.2 Å². The van der Waals surface area contributed by atoms with Gasteiger partial charge in [0.05, 0.1) is 23.8 Å². The summed E-state index contributed by atoms with van der Waals surface area (Å²) in [5.41, 5.74) is 0.0445. The third-order valence-corrected chi connectivity index (χ3v) is 1.95. The second-order valence-electron chi connectivity index (χ2n) is 2.99. The van der Waals surface area contributed by atoms with Crippen molar-refractivity contribution in [3.63, 3.8) is 0 Å². The molecule has 5 heteroatoms. The van der Waals surface area contributed by atoms with E-state index in [9.17, 15) is 13.2 Å². The fraction of sp³-hybridized carbons (Fsp3) is 0.100. The Bertz CT molecular complexity index is 505. The molecule has 0 aliphatic heterocycles. The Labute approximate surface area is 85.2 Å². The Morgan fingerprint density at radius 2 is 2.13 bits per heavy atom. The van der Waals surface area contributed by atoms with Gasteiger partial charge in [-0.3, -0.25) is 0 Å². The fourth-order valence-electron chi connectivity index (χ4n) is 1.23. The number of aromatic nitrogens is 2. The molecule has 0 amide bonds. The minimum Gasteiger partial charge on any atom is -0.345 e. The van der Waals surface area contributed by atoms with Gasteiger partial charge in [0.25, 0.3) is 0 Å². The van der Waals surface area contributed by atoms with E-state index in [-0.39, 0.29) is 6.30 Å². The standard InChI is InChI=1S/C10H7F3N2/c11-10(12,13)8-3-1-2-7(4-8)9-5-14-6-15-9/h1-6H,(H,14,15)/i6D. The first-order chi connectivity index (χ1) is 7.47. The molecule has 2 nitrogen and oxygen atoms in total. The van der Waals surface area contributed by atoms with E-state index in [1.165, 1.54) is 18.3 Å². The van der Waals surface area contributed by atoms with Gasteiger partial charge in [0, 0.05) is 5.56 Å². The first-order valence-electron chi connectivity index (χ1n) is 4.66. The summed E-state index contributed by atoms with van der Waals surface area (Å²) in [5.74, 6) is 0. The lowest BCUT2D eigenvalue weighted by Gasteiger charge is -2.07. The summed E-state index contributed by atoms with van der Waals surface area (Å²) in [6.45, 7) is 0. The zero-order chi connectivity index (χ0) is 11.8. The van der Waals surface area contributed by atoms with Crippen LogP contribution in [0.5, 0.6) is 0 Å². The highest BCUT2D eigenvalue weighted by molar-refractivity contribution is 5.59. The largest absolute Gasteiger partial charge is 0.416 e. The van der Waals surface area contributed by atoms with E-state index in [1.54, 1.807) is 0 Å². The monoisotopic (exact) mass is 213 g/mol. The summed E-state index contributed by atoms with van der Waals surface area (Å²) < 4.78 is 44.4. The molecule has 1 aromatic carbocycles. The third kappa shape index (κ3) is 2.01. The van der Waals surface area contributed by atoms with Crippen LogP contribution in [-0.2, 0) is 6.18 Å². The summed E-state index contributed by atoms with van der Waals surface area (Å²) in [5, 5.41) is 0. The molecule has 0 spiro atoms. The average Bonchev–Trinajstić information content (AvgIpc) is 2.64. The molecule has 0 aliphatic carbocycles. The maximum absolute atomic E-state index is 12.4. The number of benzene rings is 1. The minimum atomic E-state index is -4.36. The van der Waals surface area contributed by atoms with Crippen LogP contribution >= 0.6 is 0 Å². The maximum atomic E-state index is 12.4. The van der Waals surface area contributed by atoms with Crippen LogP contribution in [0.2, 0.25) is 0 Å². The number of rotatable bonds is 1. The Hall–Kier alpha value is -1.78.